The third-order valence-corrected chi connectivity index (χ3v) is 8.29. The largest absolute Gasteiger partial charge is 0.347 e. The molecule has 0 bridgehead atoms. The number of hydrogen-bond acceptors (Lipinski definition) is 5. The average Bonchev–Trinajstić information content (AvgIpc) is 2.97. The second-order valence-electron chi connectivity index (χ2n) is 9.03. The van der Waals surface area contributed by atoms with Gasteiger partial charge >= 0.3 is 0 Å². The van der Waals surface area contributed by atoms with E-state index in [1.54, 1.807) is 30.6 Å². The quantitative estimate of drug-likeness (QED) is 0.629. The molecule has 3 amide bonds. The van der Waals surface area contributed by atoms with Crippen molar-refractivity contribution < 1.29 is 14.4 Å². The van der Waals surface area contributed by atoms with Crippen LogP contribution in [0.1, 0.15) is 62.6 Å². The molecule has 0 saturated carbocycles. The van der Waals surface area contributed by atoms with E-state index >= 15 is 0 Å². The Morgan fingerprint density at radius 2 is 1.88 bits per heavy atom. The Hall–Kier alpha value is -2.06. The number of nitrogens with one attached hydrogen (secondary N) is 3. The molecule has 7 nitrogen and oxygen atoms in total. The number of likely N-dealkylation sites (N-methyl/N-ethyl adjacent to an activating group) is 1. The Bertz CT molecular complexity index is 863. The van der Waals surface area contributed by atoms with Crippen molar-refractivity contribution in [2.45, 2.75) is 81.4 Å². The molecule has 0 radical (unpaired) electrons. The maximum absolute atomic E-state index is 13.5. The average molecular weight is 459 g/mol. The molecule has 3 N–H and O–H groups in total. The minimum atomic E-state index is -0.584. The van der Waals surface area contributed by atoms with E-state index in [1.165, 1.54) is 11.1 Å². The van der Waals surface area contributed by atoms with Gasteiger partial charge in [0.15, 0.2) is 0 Å². The molecular weight excluding hydrogens is 424 g/mol. The van der Waals surface area contributed by atoms with E-state index in [-0.39, 0.29) is 35.2 Å². The van der Waals surface area contributed by atoms with Gasteiger partial charge in [-0.1, -0.05) is 24.3 Å². The van der Waals surface area contributed by atoms with Crippen molar-refractivity contribution in [3.05, 3.63) is 35.4 Å². The Labute approximate surface area is 194 Å². The molecule has 174 valence electrons. The number of aryl methyl sites for hydroxylation is 1. The molecule has 4 rings (SSSR count). The van der Waals surface area contributed by atoms with Gasteiger partial charge in [0.1, 0.15) is 12.1 Å². The number of amides is 3. The van der Waals surface area contributed by atoms with Gasteiger partial charge in [0.25, 0.3) is 0 Å². The third kappa shape index (κ3) is 4.81. The van der Waals surface area contributed by atoms with E-state index in [2.05, 4.69) is 28.1 Å². The van der Waals surface area contributed by atoms with Crippen LogP contribution in [0.25, 0.3) is 0 Å². The van der Waals surface area contributed by atoms with Gasteiger partial charge in [0.2, 0.25) is 17.7 Å². The van der Waals surface area contributed by atoms with Gasteiger partial charge < -0.3 is 20.9 Å². The summed E-state index contributed by atoms with van der Waals surface area (Å²) < 4.78 is 0. The molecule has 0 spiro atoms. The highest BCUT2D eigenvalue weighted by atomic mass is 32.2. The van der Waals surface area contributed by atoms with Crippen molar-refractivity contribution in [2.75, 3.05) is 12.8 Å². The lowest BCUT2D eigenvalue weighted by Crippen LogP contribution is -2.60. The van der Waals surface area contributed by atoms with Crippen LogP contribution in [-0.2, 0) is 20.8 Å². The lowest BCUT2D eigenvalue weighted by atomic mass is 9.87. The summed E-state index contributed by atoms with van der Waals surface area (Å²) in [4.78, 5) is 41.2. The summed E-state index contributed by atoms with van der Waals surface area (Å²) in [7, 11) is 1.72. The SMILES string of the molecule is CN[C@@H](C)C(=O)N[C@H]1CCS[C@H]2CCCC(C(=O)N[C@@H]3CCCc4ccccc43)N2C1=O. The van der Waals surface area contributed by atoms with Crippen LogP contribution >= 0.6 is 11.8 Å². The van der Waals surface area contributed by atoms with Gasteiger partial charge in [0.05, 0.1) is 17.5 Å². The molecule has 0 aromatic heterocycles. The molecule has 8 heteroatoms. The number of hydrogen-bond donors (Lipinski definition) is 3. The van der Waals surface area contributed by atoms with Crippen molar-refractivity contribution in [3.8, 4) is 0 Å². The first-order valence-electron chi connectivity index (χ1n) is 11.8. The molecule has 2 heterocycles. The summed E-state index contributed by atoms with van der Waals surface area (Å²) in [6.45, 7) is 1.77. The van der Waals surface area contributed by atoms with E-state index in [4.69, 9.17) is 0 Å². The maximum Gasteiger partial charge on any atom is 0.246 e. The smallest absolute Gasteiger partial charge is 0.246 e. The number of piperidine rings is 1. The van der Waals surface area contributed by atoms with Crippen LogP contribution in [0.5, 0.6) is 0 Å². The highest BCUT2D eigenvalue weighted by Crippen LogP contribution is 2.35. The van der Waals surface area contributed by atoms with Crippen LogP contribution in [-0.4, -0.2) is 58.9 Å². The number of benzene rings is 1. The fraction of sp³-hybridized carbons (Fsp3) is 0.625. The molecule has 2 saturated heterocycles. The minimum Gasteiger partial charge on any atom is -0.347 e. The zero-order valence-electron chi connectivity index (χ0n) is 18.9. The molecule has 1 aromatic carbocycles. The fourth-order valence-corrected chi connectivity index (χ4v) is 6.43. The zero-order valence-corrected chi connectivity index (χ0v) is 19.7. The minimum absolute atomic E-state index is 0.00506. The van der Waals surface area contributed by atoms with Gasteiger partial charge in [-0.25, -0.2) is 0 Å². The first-order chi connectivity index (χ1) is 15.5. The van der Waals surface area contributed by atoms with Crippen LogP contribution < -0.4 is 16.0 Å². The van der Waals surface area contributed by atoms with Crippen LogP contribution in [0.4, 0.5) is 0 Å². The fourth-order valence-electron chi connectivity index (χ4n) is 5.04. The molecule has 5 atom stereocenters. The highest BCUT2D eigenvalue weighted by molar-refractivity contribution is 7.99. The number of rotatable bonds is 5. The van der Waals surface area contributed by atoms with E-state index in [0.717, 1.165) is 37.9 Å². The van der Waals surface area contributed by atoms with Crippen LogP contribution in [0.3, 0.4) is 0 Å². The van der Waals surface area contributed by atoms with Crippen molar-refractivity contribution in [2.24, 2.45) is 0 Å². The summed E-state index contributed by atoms with van der Waals surface area (Å²) in [6, 6.07) is 6.86. The molecule has 1 unspecified atom stereocenters. The molecule has 32 heavy (non-hydrogen) atoms. The van der Waals surface area contributed by atoms with Gasteiger partial charge in [-0.3, -0.25) is 14.4 Å². The number of fused-ring (bicyclic) bond motifs is 2. The van der Waals surface area contributed by atoms with Gasteiger partial charge in [-0.15, -0.1) is 11.8 Å². The number of thioether (sulfide) groups is 1. The van der Waals surface area contributed by atoms with Crippen molar-refractivity contribution >= 4 is 29.5 Å². The Kier molecular flexibility index (Phi) is 7.40. The first kappa shape index (κ1) is 23.1. The van der Waals surface area contributed by atoms with Gasteiger partial charge in [-0.2, -0.15) is 0 Å². The summed E-state index contributed by atoms with van der Waals surface area (Å²) in [5.74, 6) is 0.406. The van der Waals surface area contributed by atoms with E-state index in [9.17, 15) is 14.4 Å². The third-order valence-electron chi connectivity index (χ3n) is 6.98. The van der Waals surface area contributed by atoms with Crippen molar-refractivity contribution in [1.82, 2.24) is 20.9 Å². The van der Waals surface area contributed by atoms with Crippen molar-refractivity contribution in [1.29, 1.82) is 0 Å². The molecule has 2 aliphatic heterocycles. The van der Waals surface area contributed by atoms with Crippen LogP contribution in [0.2, 0.25) is 0 Å². The lowest BCUT2D eigenvalue weighted by molar-refractivity contribution is -0.146. The predicted octanol–water partition coefficient (Wildman–Crippen LogP) is 2.12. The summed E-state index contributed by atoms with van der Waals surface area (Å²) in [6.07, 6.45) is 6.07. The van der Waals surface area contributed by atoms with Crippen LogP contribution in [0, 0.1) is 0 Å². The number of nitrogens with zero attached hydrogens (tertiary/aromatic N) is 1. The van der Waals surface area contributed by atoms with Crippen LogP contribution in [0.15, 0.2) is 24.3 Å². The number of carbonyl (C=O) groups is 3. The molecule has 3 aliphatic rings. The zero-order chi connectivity index (χ0) is 22.7. The molecule has 1 aliphatic carbocycles. The summed E-state index contributed by atoms with van der Waals surface area (Å²) >= 11 is 1.73. The second kappa shape index (κ2) is 10.3. The summed E-state index contributed by atoms with van der Waals surface area (Å²) in [5, 5.41) is 9.08. The Balaban J connectivity index is 1.50. The van der Waals surface area contributed by atoms with E-state index < -0.39 is 12.1 Å². The first-order valence-corrected chi connectivity index (χ1v) is 12.8. The molecule has 1 aromatic rings. The topological polar surface area (TPSA) is 90.5 Å². The molecular formula is C24H34N4O3S. The Morgan fingerprint density at radius 3 is 2.69 bits per heavy atom. The normalized spacial score (nSPS) is 28.7. The second-order valence-corrected chi connectivity index (χ2v) is 10.3. The number of carbonyl (C=O) groups excluding carboxylic acids is 3. The highest BCUT2D eigenvalue weighted by Gasteiger charge is 2.43. The predicted molar refractivity (Wildman–Crippen MR) is 126 cm³/mol. The molecule has 2 fully saturated rings. The van der Waals surface area contributed by atoms with Crippen molar-refractivity contribution in [3.63, 3.8) is 0 Å². The van der Waals surface area contributed by atoms with Gasteiger partial charge in [0, 0.05) is 0 Å². The van der Waals surface area contributed by atoms with E-state index in [0.29, 0.717) is 12.8 Å². The Morgan fingerprint density at radius 1 is 1.06 bits per heavy atom. The van der Waals surface area contributed by atoms with E-state index in [1.807, 2.05) is 12.1 Å². The lowest BCUT2D eigenvalue weighted by Gasteiger charge is -2.41. The summed E-state index contributed by atoms with van der Waals surface area (Å²) in [5.41, 5.74) is 2.50. The van der Waals surface area contributed by atoms with Gasteiger partial charge in [-0.05, 0) is 75.8 Å². The maximum atomic E-state index is 13.5. The standard InChI is InChI=1S/C24H34N4O3S/c1-15(25-2)22(29)27-19-13-14-32-21-12-6-11-20(28(21)24(19)31)23(30)26-18-10-5-8-16-7-3-4-9-17(16)18/h3-4,7,9,15,18-21,25H,5-6,8,10-14H2,1-2H3,(H,26,30)(H,27,29)/t15-,18+,19-,20?,21-/m0/s1. The monoisotopic (exact) mass is 458 g/mol.